The largest absolute Gasteiger partial charge is 0.477 e. The molecule has 1 fully saturated rings. The van der Waals surface area contributed by atoms with Crippen LogP contribution < -0.4 is 0 Å². The Morgan fingerprint density at radius 3 is 3.07 bits per heavy atom. The van der Waals surface area contributed by atoms with E-state index in [4.69, 9.17) is 9.52 Å². The highest BCUT2D eigenvalue weighted by atomic mass is 16.4. The molecule has 0 bridgehead atoms. The fourth-order valence-corrected chi connectivity index (χ4v) is 1.89. The molecule has 1 saturated carbocycles. The van der Waals surface area contributed by atoms with Crippen LogP contribution >= 0.6 is 0 Å². The molecule has 0 aliphatic heterocycles. The molecule has 2 aromatic rings. The summed E-state index contributed by atoms with van der Waals surface area (Å²) in [6.07, 6.45) is 3.98. The van der Waals surface area contributed by atoms with E-state index < -0.39 is 5.97 Å². The minimum Gasteiger partial charge on any atom is -0.477 e. The average molecular weight is 205 g/mol. The molecule has 0 amide bonds. The van der Waals surface area contributed by atoms with Gasteiger partial charge in [0.05, 0.1) is 6.26 Å². The van der Waals surface area contributed by atoms with Crippen molar-refractivity contribution in [2.75, 3.05) is 0 Å². The SMILES string of the molecule is O=C(O)c1cc2ccoc2n1CC1CC1. The van der Waals surface area contributed by atoms with Crippen LogP contribution in [0.25, 0.3) is 11.1 Å². The van der Waals surface area contributed by atoms with E-state index in [0.717, 1.165) is 11.9 Å². The Bertz CT molecular complexity index is 519. The van der Waals surface area contributed by atoms with Gasteiger partial charge in [-0.3, -0.25) is 0 Å². The molecule has 3 rings (SSSR count). The van der Waals surface area contributed by atoms with Crippen LogP contribution in [-0.4, -0.2) is 15.6 Å². The third kappa shape index (κ3) is 1.33. The van der Waals surface area contributed by atoms with Crippen molar-refractivity contribution in [1.29, 1.82) is 0 Å². The van der Waals surface area contributed by atoms with Gasteiger partial charge in [0, 0.05) is 11.9 Å². The molecule has 1 aliphatic rings. The van der Waals surface area contributed by atoms with Gasteiger partial charge in [-0.15, -0.1) is 0 Å². The number of furan rings is 1. The molecule has 1 aliphatic carbocycles. The zero-order valence-electron chi connectivity index (χ0n) is 8.14. The maximum absolute atomic E-state index is 11.0. The van der Waals surface area contributed by atoms with Crippen molar-refractivity contribution in [2.45, 2.75) is 19.4 Å². The highest BCUT2D eigenvalue weighted by Crippen LogP contribution is 2.33. The topological polar surface area (TPSA) is 55.4 Å². The van der Waals surface area contributed by atoms with Crippen molar-refractivity contribution in [2.24, 2.45) is 5.92 Å². The lowest BCUT2D eigenvalue weighted by molar-refractivity contribution is 0.0684. The van der Waals surface area contributed by atoms with Crippen LogP contribution in [-0.2, 0) is 6.54 Å². The van der Waals surface area contributed by atoms with Crippen LogP contribution in [0.15, 0.2) is 22.8 Å². The summed E-state index contributed by atoms with van der Waals surface area (Å²) >= 11 is 0. The molecule has 4 heteroatoms. The summed E-state index contributed by atoms with van der Waals surface area (Å²) in [7, 11) is 0. The Hall–Kier alpha value is -1.71. The van der Waals surface area contributed by atoms with Crippen LogP contribution in [0.1, 0.15) is 23.3 Å². The van der Waals surface area contributed by atoms with Gasteiger partial charge in [0.15, 0.2) is 0 Å². The summed E-state index contributed by atoms with van der Waals surface area (Å²) in [5.74, 6) is -0.258. The van der Waals surface area contributed by atoms with Crippen LogP contribution in [0, 0.1) is 5.92 Å². The zero-order chi connectivity index (χ0) is 10.4. The smallest absolute Gasteiger partial charge is 0.352 e. The number of fused-ring (bicyclic) bond motifs is 1. The second-order valence-electron chi connectivity index (χ2n) is 4.07. The van der Waals surface area contributed by atoms with E-state index in [9.17, 15) is 4.79 Å². The van der Waals surface area contributed by atoms with Crippen molar-refractivity contribution in [3.8, 4) is 0 Å². The van der Waals surface area contributed by atoms with Crippen LogP contribution in [0.3, 0.4) is 0 Å². The lowest BCUT2D eigenvalue weighted by atomic mass is 10.3. The number of aromatic nitrogens is 1. The van der Waals surface area contributed by atoms with Crippen molar-refractivity contribution < 1.29 is 14.3 Å². The third-order valence-electron chi connectivity index (χ3n) is 2.86. The molecule has 1 N–H and O–H groups in total. The molecule has 0 unspecified atom stereocenters. The molecular formula is C11H11NO3. The van der Waals surface area contributed by atoms with Gasteiger partial charge in [-0.05, 0) is 30.9 Å². The van der Waals surface area contributed by atoms with Crippen molar-refractivity contribution in [3.05, 3.63) is 24.1 Å². The maximum Gasteiger partial charge on any atom is 0.352 e. The number of carbonyl (C=O) groups is 1. The Kier molecular flexibility index (Phi) is 1.65. The highest BCUT2D eigenvalue weighted by molar-refractivity contribution is 5.92. The molecule has 0 spiro atoms. The van der Waals surface area contributed by atoms with Crippen LogP contribution in [0.5, 0.6) is 0 Å². The summed E-state index contributed by atoms with van der Waals surface area (Å²) in [6, 6.07) is 3.47. The van der Waals surface area contributed by atoms with E-state index in [-0.39, 0.29) is 0 Å². The van der Waals surface area contributed by atoms with Gasteiger partial charge in [-0.25, -0.2) is 4.79 Å². The quantitative estimate of drug-likeness (QED) is 0.836. The number of aromatic carboxylic acids is 1. The van der Waals surface area contributed by atoms with Crippen LogP contribution in [0.2, 0.25) is 0 Å². The molecule has 15 heavy (non-hydrogen) atoms. The molecule has 2 aromatic heterocycles. The number of carboxylic acid groups (broad SMARTS) is 1. The third-order valence-corrected chi connectivity index (χ3v) is 2.86. The second kappa shape index (κ2) is 2.89. The normalized spacial score (nSPS) is 16.0. The fourth-order valence-electron chi connectivity index (χ4n) is 1.89. The van der Waals surface area contributed by atoms with Gasteiger partial charge in [0.1, 0.15) is 5.69 Å². The zero-order valence-corrected chi connectivity index (χ0v) is 8.14. The predicted molar refractivity (Wildman–Crippen MR) is 53.9 cm³/mol. The van der Waals surface area contributed by atoms with Crippen molar-refractivity contribution in [3.63, 3.8) is 0 Å². The van der Waals surface area contributed by atoms with E-state index in [1.165, 1.54) is 12.8 Å². The predicted octanol–water partition coefficient (Wildman–Crippen LogP) is 2.34. The van der Waals surface area contributed by atoms with E-state index in [1.807, 2.05) is 0 Å². The molecule has 4 nitrogen and oxygen atoms in total. The second-order valence-corrected chi connectivity index (χ2v) is 4.07. The average Bonchev–Trinajstić information content (AvgIpc) is 2.76. The minimum absolute atomic E-state index is 0.330. The monoisotopic (exact) mass is 205 g/mol. The minimum atomic E-state index is -0.887. The Morgan fingerprint density at radius 2 is 2.40 bits per heavy atom. The number of rotatable bonds is 3. The number of hydrogen-bond acceptors (Lipinski definition) is 2. The van der Waals surface area contributed by atoms with E-state index in [0.29, 0.717) is 17.3 Å². The maximum atomic E-state index is 11.0. The highest BCUT2D eigenvalue weighted by Gasteiger charge is 2.26. The van der Waals surface area contributed by atoms with Gasteiger partial charge in [0.2, 0.25) is 5.71 Å². The van der Waals surface area contributed by atoms with Crippen LogP contribution in [0.4, 0.5) is 0 Å². The van der Waals surface area contributed by atoms with Crippen molar-refractivity contribution >= 4 is 17.1 Å². The number of nitrogens with zero attached hydrogens (tertiary/aromatic N) is 1. The van der Waals surface area contributed by atoms with Gasteiger partial charge >= 0.3 is 5.97 Å². The summed E-state index contributed by atoms with van der Waals surface area (Å²) in [5, 5.41) is 9.92. The lowest BCUT2D eigenvalue weighted by Crippen LogP contribution is -2.09. The van der Waals surface area contributed by atoms with Crippen molar-refractivity contribution in [1.82, 2.24) is 4.57 Å². The summed E-state index contributed by atoms with van der Waals surface area (Å²) < 4.78 is 7.08. The van der Waals surface area contributed by atoms with Gasteiger partial charge in [-0.2, -0.15) is 0 Å². The van der Waals surface area contributed by atoms with E-state index in [2.05, 4.69) is 0 Å². The van der Waals surface area contributed by atoms with Gasteiger partial charge in [-0.1, -0.05) is 0 Å². The molecule has 0 saturated heterocycles. The first kappa shape index (κ1) is 8.59. The molecular weight excluding hydrogens is 194 g/mol. The first-order valence-electron chi connectivity index (χ1n) is 5.06. The summed E-state index contributed by atoms with van der Waals surface area (Å²) in [6.45, 7) is 0.763. The lowest BCUT2D eigenvalue weighted by Gasteiger charge is -2.04. The van der Waals surface area contributed by atoms with E-state index >= 15 is 0 Å². The summed E-state index contributed by atoms with van der Waals surface area (Å²) in [5.41, 5.74) is 1.01. The number of hydrogen-bond donors (Lipinski definition) is 1. The molecule has 0 radical (unpaired) electrons. The Balaban J connectivity index is 2.14. The molecule has 78 valence electrons. The molecule has 2 heterocycles. The molecule has 0 aromatic carbocycles. The first-order chi connectivity index (χ1) is 7.25. The Morgan fingerprint density at radius 1 is 1.60 bits per heavy atom. The van der Waals surface area contributed by atoms with Gasteiger partial charge in [0.25, 0.3) is 0 Å². The summed E-state index contributed by atoms with van der Waals surface area (Å²) in [4.78, 5) is 11.0. The molecule has 0 atom stereocenters. The number of carboxylic acids is 1. The standard InChI is InChI=1S/C11H11NO3/c13-11(14)9-5-8-3-4-15-10(8)12(9)6-7-1-2-7/h3-5,7H,1-2,6H2,(H,13,14). The Labute approximate surface area is 86.1 Å². The fraction of sp³-hybridized carbons (Fsp3) is 0.364. The first-order valence-corrected chi connectivity index (χ1v) is 5.06. The van der Waals surface area contributed by atoms with E-state index in [1.54, 1.807) is 23.0 Å². The van der Waals surface area contributed by atoms with Gasteiger partial charge < -0.3 is 14.1 Å².